The molecule has 37 heavy (non-hydrogen) atoms. The summed E-state index contributed by atoms with van der Waals surface area (Å²) in [6.45, 7) is 8.88. The van der Waals surface area contributed by atoms with Crippen molar-refractivity contribution in [1.82, 2.24) is 15.5 Å². The Labute approximate surface area is 220 Å². The third-order valence-corrected chi connectivity index (χ3v) is 9.36. The van der Waals surface area contributed by atoms with Crippen molar-refractivity contribution in [2.45, 2.75) is 83.2 Å². The van der Waals surface area contributed by atoms with Gasteiger partial charge in [0, 0.05) is 32.2 Å². The van der Waals surface area contributed by atoms with Crippen LogP contribution in [0.15, 0.2) is 23.1 Å². The minimum absolute atomic E-state index is 0.0956. The van der Waals surface area contributed by atoms with E-state index in [1.807, 2.05) is 19.9 Å². The van der Waals surface area contributed by atoms with Crippen molar-refractivity contribution in [3.63, 3.8) is 0 Å². The summed E-state index contributed by atoms with van der Waals surface area (Å²) in [7, 11) is -3.59. The standard InChI is InChI=1S/C27H41N3O6S/c1-19-7-8-20(2)23(17-19)37(34,35)16-9-24(31)30-13-11-27(12-14-30)10-5-6-15-36-18-21(3)28-25(32)22(4)29-26(27)33/h7-8,17,21-22H,5-6,9-16,18H2,1-4H3,(H,28,32)(H,29,33)/t21-,22-/m0/s1. The first-order valence-electron chi connectivity index (χ1n) is 13.2. The molecule has 2 aliphatic heterocycles. The first kappa shape index (κ1) is 29.1. The van der Waals surface area contributed by atoms with Crippen molar-refractivity contribution in [3.05, 3.63) is 29.3 Å². The lowest BCUT2D eigenvalue weighted by Gasteiger charge is -2.41. The molecule has 1 aromatic carbocycles. The Morgan fingerprint density at radius 3 is 2.49 bits per heavy atom. The van der Waals surface area contributed by atoms with Gasteiger partial charge in [-0.1, -0.05) is 18.6 Å². The summed E-state index contributed by atoms with van der Waals surface area (Å²) >= 11 is 0. The summed E-state index contributed by atoms with van der Waals surface area (Å²) in [5.41, 5.74) is 0.857. The number of nitrogens with zero attached hydrogens (tertiary/aromatic N) is 1. The number of rotatable bonds is 4. The number of hydrogen-bond donors (Lipinski definition) is 2. The van der Waals surface area contributed by atoms with E-state index in [2.05, 4.69) is 10.6 Å². The molecule has 0 saturated carbocycles. The molecule has 0 bridgehead atoms. The maximum absolute atomic E-state index is 13.4. The van der Waals surface area contributed by atoms with E-state index >= 15 is 0 Å². The number of carbonyl (C=O) groups excluding carboxylic acids is 3. The van der Waals surface area contributed by atoms with E-state index in [0.717, 1.165) is 18.4 Å². The predicted octanol–water partition coefficient (Wildman–Crippen LogP) is 2.29. The van der Waals surface area contributed by atoms with Gasteiger partial charge in [0.2, 0.25) is 17.7 Å². The number of hydrogen-bond acceptors (Lipinski definition) is 6. The van der Waals surface area contributed by atoms with E-state index in [1.54, 1.807) is 30.9 Å². The highest BCUT2D eigenvalue weighted by atomic mass is 32.2. The van der Waals surface area contributed by atoms with Crippen LogP contribution >= 0.6 is 0 Å². The number of amides is 3. The third kappa shape index (κ3) is 7.54. The Hall–Kier alpha value is -2.46. The normalized spacial score (nSPS) is 23.8. The fourth-order valence-electron chi connectivity index (χ4n) is 5.06. The highest BCUT2D eigenvalue weighted by molar-refractivity contribution is 7.91. The zero-order chi connectivity index (χ0) is 27.2. The van der Waals surface area contributed by atoms with Gasteiger partial charge >= 0.3 is 0 Å². The Balaban J connectivity index is 1.63. The summed E-state index contributed by atoms with van der Waals surface area (Å²) in [5, 5.41) is 5.76. The van der Waals surface area contributed by atoms with Crippen LogP contribution in [-0.4, -0.2) is 75.2 Å². The van der Waals surface area contributed by atoms with E-state index in [4.69, 9.17) is 4.74 Å². The average Bonchev–Trinajstić information content (AvgIpc) is 2.86. The second-order valence-corrected chi connectivity index (χ2v) is 12.7. The molecule has 3 rings (SSSR count). The lowest BCUT2D eigenvalue weighted by molar-refractivity contribution is -0.142. The van der Waals surface area contributed by atoms with Crippen LogP contribution in [0.5, 0.6) is 0 Å². The van der Waals surface area contributed by atoms with Crippen LogP contribution in [0, 0.1) is 19.3 Å². The minimum Gasteiger partial charge on any atom is -0.379 e. The number of nitrogens with one attached hydrogen (secondary N) is 2. The predicted molar refractivity (Wildman–Crippen MR) is 141 cm³/mol. The first-order chi connectivity index (χ1) is 17.4. The zero-order valence-electron chi connectivity index (χ0n) is 22.5. The second-order valence-electron chi connectivity index (χ2n) is 10.6. The molecule has 9 nitrogen and oxygen atoms in total. The first-order valence-corrected chi connectivity index (χ1v) is 14.9. The zero-order valence-corrected chi connectivity index (χ0v) is 23.3. The van der Waals surface area contributed by atoms with Gasteiger partial charge < -0.3 is 20.3 Å². The molecule has 2 N–H and O–H groups in total. The van der Waals surface area contributed by atoms with Crippen molar-refractivity contribution < 1.29 is 27.5 Å². The molecular weight excluding hydrogens is 494 g/mol. The highest BCUT2D eigenvalue weighted by Gasteiger charge is 2.42. The fraction of sp³-hybridized carbons (Fsp3) is 0.667. The average molecular weight is 536 g/mol. The molecule has 2 fully saturated rings. The summed E-state index contributed by atoms with van der Waals surface area (Å²) < 4.78 is 31.5. The second kappa shape index (κ2) is 12.4. The van der Waals surface area contributed by atoms with Crippen molar-refractivity contribution in [1.29, 1.82) is 0 Å². The highest BCUT2D eigenvalue weighted by Crippen LogP contribution is 2.37. The van der Waals surface area contributed by atoms with E-state index in [9.17, 15) is 22.8 Å². The Morgan fingerprint density at radius 1 is 1.08 bits per heavy atom. The molecule has 1 spiro atoms. The maximum atomic E-state index is 13.4. The summed E-state index contributed by atoms with van der Waals surface area (Å²) in [4.78, 5) is 40.8. The molecule has 2 saturated heterocycles. The van der Waals surface area contributed by atoms with Gasteiger partial charge in [0.05, 0.1) is 22.7 Å². The quantitative estimate of drug-likeness (QED) is 0.610. The van der Waals surface area contributed by atoms with Crippen molar-refractivity contribution in [3.8, 4) is 0 Å². The van der Waals surface area contributed by atoms with Gasteiger partial charge in [-0.3, -0.25) is 14.4 Å². The SMILES string of the molecule is Cc1ccc(C)c(S(=O)(=O)CCC(=O)N2CCC3(CCCCOC[C@H](C)NC(=O)[C@H](C)NC3=O)CC2)c1. The number of likely N-dealkylation sites (tertiary alicyclic amines) is 1. The van der Waals surface area contributed by atoms with Gasteiger partial charge in [0.15, 0.2) is 9.84 Å². The summed E-state index contributed by atoms with van der Waals surface area (Å²) in [6.07, 6.45) is 3.11. The van der Waals surface area contributed by atoms with E-state index < -0.39 is 21.3 Å². The molecule has 0 unspecified atom stereocenters. The largest absolute Gasteiger partial charge is 0.379 e. The molecule has 0 radical (unpaired) electrons. The minimum atomic E-state index is -3.59. The van der Waals surface area contributed by atoms with Crippen LogP contribution in [-0.2, 0) is 29.0 Å². The molecule has 10 heteroatoms. The number of aryl methyl sites for hydroxylation is 2. The molecule has 2 atom stereocenters. The van der Waals surface area contributed by atoms with Crippen LogP contribution in [0.3, 0.4) is 0 Å². The van der Waals surface area contributed by atoms with Crippen molar-refractivity contribution in [2.75, 3.05) is 32.1 Å². The number of benzene rings is 1. The number of piperidine rings is 1. The maximum Gasteiger partial charge on any atom is 0.242 e. The van der Waals surface area contributed by atoms with Gasteiger partial charge in [-0.05, 0) is 70.6 Å². The topological polar surface area (TPSA) is 122 Å². The molecular formula is C27H41N3O6S. The molecule has 0 aromatic heterocycles. The molecule has 206 valence electrons. The molecule has 0 aliphatic carbocycles. The lowest BCUT2D eigenvalue weighted by Crippen LogP contribution is -2.55. The summed E-state index contributed by atoms with van der Waals surface area (Å²) in [5.74, 6) is -0.878. The molecule has 2 heterocycles. The van der Waals surface area contributed by atoms with Crippen LogP contribution in [0.2, 0.25) is 0 Å². The number of ether oxygens (including phenoxy) is 1. The van der Waals surface area contributed by atoms with Gasteiger partial charge in [-0.15, -0.1) is 0 Å². The number of sulfone groups is 1. The smallest absolute Gasteiger partial charge is 0.242 e. The van der Waals surface area contributed by atoms with Crippen molar-refractivity contribution >= 4 is 27.6 Å². The van der Waals surface area contributed by atoms with Crippen LogP contribution in [0.1, 0.15) is 63.5 Å². The van der Waals surface area contributed by atoms with Crippen LogP contribution < -0.4 is 10.6 Å². The number of carbonyl (C=O) groups is 3. The van der Waals surface area contributed by atoms with Gasteiger partial charge in [-0.25, -0.2) is 8.42 Å². The Bertz CT molecular complexity index is 1100. The van der Waals surface area contributed by atoms with Gasteiger partial charge in [0.1, 0.15) is 6.04 Å². The van der Waals surface area contributed by atoms with Gasteiger partial charge in [0.25, 0.3) is 0 Å². The third-order valence-electron chi connectivity index (χ3n) is 7.51. The molecule has 2 aliphatic rings. The van der Waals surface area contributed by atoms with Crippen molar-refractivity contribution in [2.24, 2.45) is 5.41 Å². The lowest BCUT2D eigenvalue weighted by atomic mass is 9.73. The Kier molecular flexibility index (Phi) is 9.74. The van der Waals surface area contributed by atoms with Gasteiger partial charge in [-0.2, -0.15) is 0 Å². The van der Waals surface area contributed by atoms with Crippen LogP contribution in [0.4, 0.5) is 0 Å². The fourth-order valence-corrected chi connectivity index (χ4v) is 6.65. The van der Waals surface area contributed by atoms with E-state index in [1.165, 1.54) is 0 Å². The summed E-state index contributed by atoms with van der Waals surface area (Å²) in [6, 6.07) is 4.47. The van der Waals surface area contributed by atoms with E-state index in [0.29, 0.717) is 51.1 Å². The van der Waals surface area contributed by atoms with E-state index in [-0.39, 0.29) is 40.8 Å². The van der Waals surface area contributed by atoms with Crippen LogP contribution in [0.25, 0.3) is 0 Å². The monoisotopic (exact) mass is 535 g/mol. The molecule has 1 aromatic rings. The molecule has 3 amide bonds. The Morgan fingerprint density at radius 2 is 1.78 bits per heavy atom.